The molecule has 61 heavy (non-hydrogen) atoms. The van der Waals surface area contributed by atoms with Gasteiger partial charge < -0.3 is 14.2 Å². The highest BCUT2D eigenvalue weighted by atomic mass is 16.6. The van der Waals surface area contributed by atoms with E-state index in [2.05, 4.69) is 57.2 Å². The SMILES string of the molecule is CCCCC/C=C\C/C=C\CCCCCCCC(=O)OC[C@@H](COC(=O)CCCCCCC/C=C\CCCCCC)OC(=O)CCCCCCCCCCCCCCCCC. The second-order valence-corrected chi connectivity index (χ2v) is 17.8. The minimum absolute atomic E-state index is 0.0782. The van der Waals surface area contributed by atoms with Gasteiger partial charge in [-0.3, -0.25) is 14.4 Å². The number of unbranched alkanes of at least 4 members (excludes halogenated alkanes) is 31. The Labute approximate surface area is 378 Å². The Morgan fingerprint density at radius 3 is 0.967 bits per heavy atom. The van der Waals surface area contributed by atoms with Gasteiger partial charge in [-0.15, -0.1) is 0 Å². The van der Waals surface area contributed by atoms with E-state index in [0.717, 1.165) is 83.5 Å². The summed E-state index contributed by atoms with van der Waals surface area (Å²) in [7, 11) is 0. The second kappa shape index (κ2) is 50.3. The summed E-state index contributed by atoms with van der Waals surface area (Å²) in [6, 6.07) is 0. The van der Waals surface area contributed by atoms with Gasteiger partial charge in [0.25, 0.3) is 0 Å². The average Bonchev–Trinajstić information content (AvgIpc) is 3.26. The molecule has 0 aromatic rings. The molecule has 6 heteroatoms. The lowest BCUT2D eigenvalue weighted by Gasteiger charge is -2.18. The van der Waals surface area contributed by atoms with Crippen LogP contribution in [0.4, 0.5) is 0 Å². The first kappa shape index (κ1) is 58.6. The Balaban J connectivity index is 4.38. The van der Waals surface area contributed by atoms with Crippen molar-refractivity contribution >= 4 is 17.9 Å². The van der Waals surface area contributed by atoms with Crippen LogP contribution in [0.3, 0.4) is 0 Å². The molecule has 0 N–H and O–H groups in total. The van der Waals surface area contributed by atoms with Crippen LogP contribution in [0.25, 0.3) is 0 Å². The summed E-state index contributed by atoms with van der Waals surface area (Å²) in [5.41, 5.74) is 0. The van der Waals surface area contributed by atoms with E-state index in [1.165, 1.54) is 154 Å². The molecule has 1 atom stereocenters. The van der Waals surface area contributed by atoms with Crippen LogP contribution in [0.1, 0.15) is 278 Å². The molecule has 0 fully saturated rings. The molecule has 0 heterocycles. The van der Waals surface area contributed by atoms with E-state index in [1.54, 1.807) is 0 Å². The van der Waals surface area contributed by atoms with E-state index >= 15 is 0 Å². The van der Waals surface area contributed by atoms with Gasteiger partial charge in [-0.2, -0.15) is 0 Å². The van der Waals surface area contributed by atoms with Gasteiger partial charge >= 0.3 is 17.9 Å². The molecule has 0 aliphatic heterocycles. The van der Waals surface area contributed by atoms with Crippen LogP contribution in [0.2, 0.25) is 0 Å². The zero-order valence-corrected chi connectivity index (χ0v) is 40.7. The van der Waals surface area contributed by atoms with Crippen molar-refractivity contribution in [2.45, 2.75) is 284 Å². The van der Waals surface area contributed by atoms with Crippen molar-refractivity contribution in [2.24, 2.45) is 0 Å². The predicted octanol–water partition coefficient (Wildman–Crippen LogP) is 17.3. The molecule has 0 aliphatic rings. The first-order chi connectivity index (χ1) is 30.0. The van der Waals surface area contributed by atoms with Gasteiger partial charge in [0, 0.05) is 19.3 Å². The van der Waals surface area contributed by atoms with E-state index < -0.39 is 6.10 Å². The molecular weight excluding hydrogens is 757 g/mol. The van der Waals surface area contributed by atoms with Crippen LogP contribution in [-0.4, -0.2) is 37.2 Å². The van der Waals surface area contributed by atoms with Crippen molar-refractivity contribution in [2.75, 3.05) is 13.2 Å². The standard InChI is InChI=1S/C55H100O6/c1-4-7-10-13-16-19-22-25-27-30-33-36-39-42-45-48-54(57)60-51-52(50-59-53(56)47-44-41-38-35-32-29-24-21-18-15-12-9-6-3)61-55(58)49-46-43-40-37-34-31-28-26-23-20-17-14-11-8-5-2/h16,19,21,24-25,27,52H,4-15,17-18,20,22-23,26,28-51H2,1-3H3/b19-16-,24-21-,27-25-/t52-/m1/s1. The first-order valence-corrected chi connectivity index (χ1v) is 26.5. The van der Waals surface area contributed by atoms with Crippen molar-refractivity contribution in [3.05, 3.63) is 36.5 Å². The number of hydrogen-bond acceptors (Lipinski definition) is 6. The molecule has 0 saturated heterocycles. The summed E-state index contributed by atoms with van der Waals surface area (Å²) in [5.74, 6) is -0.888. The maximum Gasteiger partial charge on any atom is 0.306 e. The summed E-state index contributed by atoms with van der Waals surface area (Å²) in [6.45, 7) is 6.60. The van der Waals surface area contributed by atoms with Crippen molar-refractivity contribution in [3.63, 3.8) is 0 Å². The fourth-order valence-corrected chi connectivity index (χ4v) is 7.59. The number of ether oxygens (including phenoxy) is 3. The lowest BCUT2D eigenvalue weighted by atomic mass is 10.0. The smallest absolute Gasteiger partial charge is 0.306 e. The number of rotatable bonds is 48. The molecule has 0 spiro atoms. The Bertz CT molecular complexity index is 1030. The lowest BCUT2D eigenvalue weighted by Crippen LogP contribution is -2.30. The summed E-state index contributed by atoms with van der Waals surface area (Å²) < 4.78 is 16.8. The summed E-state index contributed by atoms with van der Waals surface area (Å²) >= 11 is 0. The van der Waals surface area contributed by atoms with Crippen LogP contribution in [0.5, 0.6) is 0 Å². The van der Waals surface area contributed by atoms with Crippen molar-refractivity contribution in [1.82, 2.24) is 0 Å². The van der Waals surface area contributed by atoms with Gasteiger partial charge in [-0.1, -0.05) is 218 Å². The monoisotopic (exact) mass is 857 g/mol. The molecule has 0 amide bonds. The molecule has 0 rings (SSSR count). The van der Waals surface area contributed by atoms with Gasteiger partial charge in [0.05, 0.1) is 0 Å². The Hall–Kier alpha value is -2.37. The zero-order chi connectivity index (χ0) is 44.4. The molecule has 356 valence electrons. The Morgan fingerprint density at radius 2 is 0.590 bits per heavy atom. The summed E-state index contributed by atoms with van der Waals surface area (Å²) in [6.07, 6.45) is 58.3. The van der Waals surface area contributed by atoms with Crippen LogP contribution < -0.4 is 0 Å². The van der Waals surface area contributed by atoms with E-state index in [4.69, 9.17) is 14.2 Å². The number of hydrogen-bond donors (Lipinski definition) is 0. The largest absolute Gasteiger partial charge is 0.462 e. The van der Waals surface area contributed by atoms with Crippen molar-refractivity contribution in [1.29, 1.82) is 0 Å². The van der Waals surface area contributed by atoms with Gasteiger partial charge in [0.2, 0.25) is 0 Å². The molecule has 0 bridgehead atoms. The molecule has 0 aromatic heterocycles. The first-order valence-electron chi connectivity index (χ1n) is 26.5. The van der Waals surface area contributed by atoms with Gasteiger partial charge in [-0.05, 0) is 77.0 Å². The van der Waals surface area contributed by atoms with Crippen LogP contribution in [-0.2, 0) is 28.6 Å². The maximum absolute atomic E-state index is 12.8. The number of carbonyl (C=O) groups excluding carboxylic acids is 3. The van der Waals surface area contributed by atoms with Crippen LogP contribution in [0, 0.1) is 0 Å². The highest BCUT2D eigenvalue weighted by Crippen LogP contribution is 2.15. The third-order valence-electron chi connectivity index (χ3n) is 11.6. The Morgan fingerprint density at radius 1 is 0.328 bits per heavy atom. The second-order valence-electron chi connectivity index (χ2n) is 17.8. The van der Waals surface area contributed by atoms with E-state index in [1.807, 2.05) is 0 Å². The molecule has 6 nitrogen and oxygen atoms in total. The average molecular weight is 857 g/mol. The fourth-order valence-electron chi connectivity index (χ4n) is 7.59. The number of allylic oxidation sites excluding steroid dienone is 6. The molecular formula is C55H100O6. The number of esters is 3. The maximum atomic E-state index is 12.8. The van der Waals surface area contributed by atoms with Crippen molar-refractivity contribution < 1.29 is 28.6 Å². The zero-order valence-electron chi connectivity index (χ0n) is 40.7. The number of carbonyl (C=O) groups is 3. The van der Waals surface area contributed by atoms with Gasteiger partial charge in [-0.25, -0.2) is 0 Å². The molecule has 0 aromatic carbocycles. The fraction of sp³-hybridized carbons (Fsp3) is 0.836. The summed E-state index contributed by atoms with van der Waals surface area (Å²) in [4.78, 5) is 38.0. The lowest BCUT2D eigenvalue weighted by molar-refractivity contribution is -0.167. The quantitative estimate of drug-likeness (QED) is 0.0262. The molecule has 0 radical (unpaired) electrons. The van der Waals surface area contributed by atoms with E-state index in [9.17, 15) is 14.4 Å². The third kappa shape index (κ3) is 48.5. The highest BCUT2D eigenvalue weighted by Gasteiger charge is 2.19. The van der Waals surface area contributed by atoms with Gasteiger partial charge in [0.1, 0.15) is 13.2 Å². The molecule has 0 aliphatic carbocycles. The van der Waals surface area contributed by atoms with Crippen molar-refractivity contribution in [3.8, 4) is 0 Å². The highest BCUT2D eigenvalue weighted by molar-refractivity contribution is 5.71. The molecule has 0 saturated carbocycles. The molecule has 0 unspecified atom stereocenters. The minimum Gasteiger partial charge on any atom is -0.462 e. The van der Waals surface area contributed by atoms with Crippen LogP contribution in [0.15, 0.2) is 36.5 Å². The third-order valence-corrected chi connectivity index (χ3v) is 11.6. The van der Waals surface area contributed by atoms with E-state index in [-0.39, 0.29) is 31.1 Å². The topological polar surface area (TPSA) is 78.9 Å². The van der Waals surface area contributed by atoms with Crippen LogP contribution >= 0.6 is 0 Å². The summed E-state index contributed by atoms with van der Waals surface area (Å²) in [5, 5.41) is 0. The predicted molar refractivity (Wildman–Crippen MR) is 261 cm³/mol. The Kier molecular flexibility index (Phi) is 48.3. The normalized spacial score (nSPS) is 12.2. The van der Waals surface area contributed by atoms with Gasteiger partial charge in [0.15, 0.2) is 6.10 Å². The van der Waals surface area contributed by atoms with E-state index in [0.29, 0.717) is 19.3 Å². The minimum atomic E-state index is -0.777.